The van der Waals surface area contributed by atoms with Gasteiger partial charge in [-0.3, -0.25) is 0 Å². The number of aromatic nitrogens is 2. The highest BCUT2D eigenvalue weighted by Gasteiger charge is 2.19. The van der Waals surface area contributed by atoms with Crippen molar-refractivity contribution in [3.05, 3.63) is 145 Å². The normalized spacial score (nSPS) is 11.3. The second-order valence-electron chi connectivity index (χ2n) is 10.4. The molecule has 0 atom stereocenters. The third-order valence-electron chi connectivity index (χ3n) is 8.20. The van der Waals surface area contributed by atoms with E-state index in [4.69, 9.17) is 0 Å². The van der Waals surface area contributed by atoms with Gasteiger partial charge < -0.3 is 9.13 Å². The molecule has 0 amide bonds. The van der Waals surface area contributed by atoms with Crippen molar-refractivity contribution in [2.45, 2.75) is 0 Å². The smallest absolute Gasteiger partial charge is 0.0998 e. The fraction of sp³-hybridized carbons (Fsp3) is 0. The summed E-state index contributed by atoms with van der Waals surface area (Å²) in [4.78, 5) is 0. The molecule has 0 aliphatic rings. The molecular weight excluding hydrogens is 512 g/mol. The minimum atomic E-state index is 0.611. The van der Waals surface area contributed by atoms with Crippen LogP contribution in [0.15, 0.2) is 133 Å². The first-order valence-corrected chi connectivity index (χ1v) is 13.8. The van der Waals surface area contributed by atoms with E-state index < -0.39 is 0 Å². The highest BCUT2D eigenvalue weighted by molar-refractivity contribution is 6.11. The number of para-hydroxylation sites is 4. The maximum absolute atomic E-state index is 10.3. The molecule has 0 saturated carbocycles. The second kappa shape index (κ2) is 9.24. The first kappa shape index (κ1) is 23.8. The molecule has 194 valence electrons. The van der Waals surface area contributed by atoms with E-state index in [-0.39, 0.29) is 0 Å². The maximum atomic E-state index is 10.3. The monoisotopic (exact) mass is 534 g/mol. The van der Waals surface area contributed by atoms with Crippen molar-refractivity contribution in [2.24, 2.45) is 0 Å². The molecule has 4 heteroatoms. The van der Waals surface area contributed by atoms with E-state index in [0.29, 0.717) is 11.1 Å². The van der Waals surface area contributed by atoms with Crippen LogP contribution in [0.4, 0.5) is 0 Å². The predicted octanol–water partition coefficient (Wildman–Crippen LogP) is 9.29. The Bertz CT molecular complexity index is 2390. The van der Waals surface area contributed by atoms with Crippen LogP contribution in [0.2, 0.25) is 0 Å². The van der Waals surface area contributed by atoms with Crippen molar-refractivity contribution in [3.8, 4) is 34.6 Å². The van der Waals surface area contributed by atoms with Gasteiger partial charge in [0.1, 0.15) is 0 Å². The van der Waals surface area contributed by atoms with Gasteiger partial charge in [-0.15, -0.1) is 0 Å². The Morgan fingerprint density at radius 1 is 0.429 bits per heavy atom. The third kappa shape index (κ3) is 3.40. The predicted molar refractivity (Wildman–Crippen MR) is 170 cm³/mol. The summed E-state index contributed by atoms with van der Waals surface area (Å²) in [5.74, 6) is 0. The molecule has 0 fully saturated rings. The molecule has 8 rings (SSSR count). The molecule has 0 aliphatic carbocycles. The van der Waals surface area contributed by atoms with E-state index in [1.165, 1.54) is 10.8 Å². The Balaban J connectivity index is 1.42. The van der Waals surface area contributed by atoms with E-state index >= 15 is 0 Å². The lowest BCUT2D eigenvalue weighted by atomic mass is 9.97. The first-order valence-electron chi connectivity index (χ1n) is 13.8. The van der Waals surface area contributed by atoms with Gasteiger partial charge in [0, 0.05) is 38.4 Å². The van der Waals surface area contributed by atoms with Crippen molar-refractivity contribution in [2.75, 3.05) is 0 Å². The molecule has 0 aliphatic heterocycles. The maximum Gasteiger partial charge on any atom is 0.0998 e. The average Bonchev–Trinajstić information content (AvgIpc) is 3.57. The molecule has 2 aromatic heterocycles. The van der Waals surface area contributed by atoms with Crippen LogP contribution in [0.25, 0.3) is 66.1 Å². The largest absolute Gasteiger partial charge is 0.309 e. The molecule has 42 heavy (non-hydrogen) atoms. The van der Waals surface area contributed by atoms with Crippen LogP contribution in [-0.2, 0) is 0 Å². The molecule has 6 aromatic carbocycles. The molecular formula is C38H22N4. The number of benzene rings is 6. The molecule has 8 aromatic rings. The van der Waals surface area contributed by atoms with Crippen LogP contribution < -0.4 is 0 Å². The van der Waals surface area contributed by atoms with Gasteiger partial charge >= 0.3 is 0 Å². The summed E-state index contributed by atoms with van der Waals surface area (Å²) >= 11 is 0. The van der Waals surface area contributed by atoms with E-state index in [0.717, 1.165) is 55.3 Å². The average molecular weight is 535 g/mol. The second-order valence-corrected chi connectivity index (χ2v) is 10.4. The van der Waals surface area contributed by atoms with E-state index in [9.17, 15) is 10.5 Å². The fourth-order valence-electron chi connectivity index (χ4n) is 6.39. The zero-order valence-electron chi connectivity index (χ0n) is 22.5. The standard InChI is InChI=1S/C38H22N4/c39-23-25-17-20-38-33(21-25)31-12-4-5-13-34(31)41(38)27-19-18-26(24-40)32(22-27)30-11-3-8-16-37(30)42-35-14-6-1-9-28(35)29-10-2-7-15-36(29)42/h1-22H. The van der Waals surface area contributed by atoms with Crippen LogP contribution in [0.5, 0.6) is 0 Å². The summed E-state index contributed by atoms with van der Waals surface area (Å²) in [5.41, 5.74) is 9.37. The van der Waals surface area contributed by atoms with Crippen molar-refractivity contribution in [1.82, 2.24) is 9.13 Å². The van der Waals surface area contributed by atoms with Gasteiger partial charge in [0.15, 0.2) is 0 Å². The fourth-order valence-corrected chi connectivity index (χ4v) is 6.39. The highest BCUT2D eigenvalue weighted by atomic mass is 15.0. The van der Waals surface area contributed by atoms with Gasteiger partial charge in [-0.1, -0.05) is 72.8 Å². The van der Waals surface area contributed by atoms with Gasteiger partial charge in [-0.2, -0.15) is 10.5 Å². The van der Waals surface area contributed by atoms with Crippen LogP contribution in [0, 0.1) is 22.7 Å². The summed E-state index contributed by atoms with van der Waals surface area (Å²) in [5, 5.41) is 24.3. The zero-order valence-corrected chi connectivity index (χ0v) is 22.5. The molecule has 0 N–H and O–H groups in total. The third-order valence-corrected chi connectivity index (χ3v) is 8.20. The molecule has 0 saturated heterocycles. The van der Waals surface area contributed by atoms with Crippen molar-refractivity contribution in [1.29, 1.82) is 10.5 Å². The van der Waals surface area contributed by atoms with Gasteiger partial charge in [-0.05, 0) is 60.7 Å². The summed E-state index contributed by atoms with van der Waals surface area (Å²) in [6.07, 6.45) is 0. The van der Waals surface area contributed by atoms with Gasteiger partial charge in [0.05, 0.1) is 51.0 Å². The number of rotatable bonds is 3. The highest BCUT2D eigenvalue weighted by Crippen LogP contribution is 2.39. The molecule has 0 spiro atoms. The molecule has 2 heterocycles. The summed E-state index contributed by atoms with van der Waals surface area (Å²) < 4.78 is 4.53. The summed E-state index contributed by atoms with van der Waals surface area (Å²) in [7, 11) is 0. The lowest BCUT2D eigenvalue weighted by Gasteiger charge is -2.16. The molecule has 0 unspecified atom stereocenters. The van der Waals surface area contributed by atoms with Crippen molar-refractivity contribution in [3.63, 3.8) is 0 Å². The van der Waals surface area contributed by atoms with E-state index in [1.54, 1.807) is 0 Å². The topological polar surface area (TPSA) is 57.4 Å². The molecule has 4 nitrogen and oxygen atoms in total. The number of fused-ring (bicyclic) bond motifs is 6. The van der Waals surface area contributed by atoms with Crippen molar-refractivity contribution < 1.29 is 0 Å². The van der Waals surface area contributed by atoms with Crippen LogP contribution in [-0.4, -0.2) is 9.13 Å². The minimum absolute atomic E-state index is 0.611. The van der Waals surface area contributed by atoms with E-state index in [1.807, 2.05) is 48.5 Å². The lowest BCUT2D eigenvalue weighted by Crippen LogP contribution is -2.00. The number of nitrogens with zero attached hydrogens (tertiary/aromatic N) is 4. The quantitative estimate of drug-likeness (QED) is 0.227. The SMILES string of the molecule is N#Cc1ccc2c(c1)c1ccccc1n2-c1ccc(C#N)c(-c2ccccc2-n2c3ccccc3c3ccccc32)c1. The number of hydrogen-bond donors (Lipinski definition) is 0. The Morgan fingerprint density at radius 3 is 1.67 bits per heavy atom. The number of hydrogen-bond acceptors (Lipinski definition) is 2. The van der Waals surface area contributed by atoms with Gasteiger partial charge in [-0.25, -0.2) is 0 Å². The Labute approximate surface area is 242 Å². The number of nitriles is 2. The van der Waals surface area contributed by atoms with Crippen molar-refractivity contribution >= 4 is 43.6 Å². The summed E-state index contributed by atoms with van der Waals surface area (Å²) in [6, 6.07) is 50.1. The van der Waals surface area contributed by atoms with Gasteiger partial charge in [0.2, 0.25) is 0 Å². The summed E-state index contributed by atoms with van der Waals surface area (Å²) in [6.45, 7) is 0. The zero-order chi connectivity index (χ0) is 28.2. The molecule has 0 bridgehead atoms. The lowest BCUT2D eigenvalue weighted by molar-refractivity contribution is 1.17. The Kier molecular flexibility index (Phi) is 5.22. The Morgan fingerprint density at radius 2 is 1.00 bits per heavy atom. The minimum Gasteiger partial charge on any atom is -0.309 e. The van der Waals surface area contributed by atoms with Gasteiger partial charge in [0.25, 0.3) is 0 Å². The van der Waals surface area contributed by atoms with Crippen LogP contribution >= 0.6 is 0 Å². The molecule has 0 radical (unpaired) electrons. The van der Waals surface area contributed by atoms with Crippen LogP contribution in [0.3, 0.4) is 0 Å². The first-order chi connectivity index (χ1) is 20.8. The van der Waals surface area contributed by atoms with Crippen LogP contribution in [0.1, 0.15) is 11.1 Å². The Hall–Kier alpha value is -6.10. The van der Waals surface area contributed by atoms with E-state index in [2.05, 4.69) is 106 Å².